The minimum atomic E-state index is -1.31. The molecule has 0 aromatic carbocycles. The monoisotopic (exact) mass is 323 g/mol. The van der Waals surface area contributed by atoms with E-state index in [1.54, 1.807) is 13.8 Å². The van der Waals surface area contributed by atoms with Gasteiger partial charge < -0.3 is 19.7 Å². The number of carbonyl (C=O) groups is 1. The first-order valence-corrected chi connectivity index (χ1v) is 6.94. The lowest BCUT2D eigenvalue weighted by Gasteiger charge is -2.18. The number of aliphatic hydroxyl groups is 2. The fraction of sp³-hybridized carbons (Fsp3) is 0.500. The lowest BCUT2D eigenvalue weighted by molar-refractivity contribution is -0.0350. The average Bonchev–Trinajstić information content (AvgIpc) is 2.75. The van der Waals surface area contributed by atoms with Crippen LogP contribution in [0, 0.1) is 12.3 Å². The molecule has 1 aliphatic heterocycles. The van der Waals surface area contributed by atoms with Gasteiger partial charge in [-0.2, -0.15) is 4.98 Å². The van der Waals surface area contributed by atoms with Crippen LogP contribution < -0.4 is 11.0 Å². The number of ether oxygens (including phenoxy) is 2. The molecule has 1 aromatic rings. The third kappa shape index (κ3) is 3.34. The molecule has 9 heteroatoms. The Labute approximate surface area is 131 Å². The molecule has 1 fully saturated rings. The lowest BCUT2D eigenvalue weighted by Crippen LogP contribution is -2.36. The van der Waals surface area contributed by atoms with Crippen LogP contribution in [0.4, 0.5) is 10.6 Å². The number of hydrogen-bond acceptors (Lipinski definition) is 7. The average molecular weight is 323 g/mol. The molecule has 0 spiro atoms. The first-order chi connectivity index (χ1) is 10.9. The van der Waals surface area contributed by atoms with E-state index in [-0.39, 0.29) is 18.0 Å². The largest absolute Gasteiger partial charge is 0.450 e. The third-order valence-corrected chi connectivity index (χ3v) is 3.35. The molecule has 0 radical (unpaired) electrons. The number of aliphatic hydroxyl groups excluding tert-OH is 2. The molecule has 124 valence electrons. The summed E-state index contributed by atoms with van der Waals surface area (Å²) in [6.07, 6.45) is 1.55. The van der Waals surface area contributed by atoms with Gasteiger partial charge in [0.1, 0.15) is 12.2 Å². The molecule has 9 nitrogen and oxygen atoms in total. The molecule has 1 amide bonds. The SMILES string of the molecule is C#Cc1cn([C@@H]2O[C@H](C)C(O)C2O)c(=O)nc1NC(=O)OCC. The number of terminal acetylenes is 1. The summed E-state index contributed by atoms with van der Waals surface area (Å²) in [6, 6.07) is 0. The van der Waals surface area contributed by atoms with Crippen LogP contribution >= 0.6 is 0 Å². The number of anilines is 1. The van der Waals surface area contributed by atoms with Crippen LogP contribution in [0.5, 0.6) is 0 Å². The number of nitrogens with zero attached hydrogens (tertiary/aromatic N) is 2. The third-order valence-electron chi connectivity index (χ3n) is 3.35. The lowest BCUT2D eigenvalue weighted by atomic mass is 10.1. The maximum Gasteiger partial charge on any atom is 0.412 e. The summed E-state index contributed by atoms with van der Waals surface area (Å²) in [5, 5.41) is 21.9. The first kappa shape index (κ1) is 17.0. The zero-order chi connectivity index (χ0) is 17.1. The van der Waals surface area contributed by atoms with Crippen LogP contribution in [0.1, 0.15) is 25.6 Å². The Morgan fingerprint density at radius 2 is 2.26 bits per heavy atom. The van der Waals surface area contributed by atoms with E-state index in [9.17, 15) is 19.8 Å². The maximum atomic E-state index is 12.1. The quantitative estimate of drug-likeness (QED) is 0.637. The predicted molar refractivity (Wildman–Crippen MR) is 78.7 cm³/mol. The standard InChI is InChI=1S/C14H17N3O6/c1-4-8-6-17(12-10(19)9(18)7(3)23-12)13(20)15-11(8)16-14(21)22-5-2/h1,6-7,9-10,12,18-19H,5H2,2-3H3,(H,15,16,20,21)/t7-,9?,10?,12-/m1/s1. The normalized spacial score (nSPS) is 26.6. The summed E-state index contributed by atoms with van der Waals surface area (Å²) in [5.41, 5.74) is -0.705. The minimum Gasteiger partial charge on any atom is -0.450 e. The van der Waals surface area contributed by atoms with Gasteiger partial charge in [-0.05, 0) is 13.8 Å². The molecule has 1 saturated heterocycles. The zero-order valence-electron chi connectivity index (χ0n) is 12.6. The summed E-state index contributed by atoms with van der Waals surface area (Å²) < 4.78 is 11.0. The number of aromatic nitrogens is 2. The molecule has 0 aliphatic carbocycles. The van der Waals surface area contributed by atoms with Gasteiger partial charge >= 0.3 is 11.8 Å². The van der Waals surface area contributed by atoms with E-state index < -0.39 is 36.3 Å². The second kappa shape index (κ2) is 6.78. The van der Waals surface area contributed by atoms with Gasteiger partial charge in [0.15, 0.2) is 12.0 Å². The van der Waals surface area contributed by atoms with Crippen molar-refractivity contribution in [2.24, 2.45) is 0 Å². The predicted octanol–water partition coefficient (Wildman–Crippen LogP) is -0.568. The van der Waals surface area contributed by atoms with E-state index in [1.165, 1.54) is 6.20 Å². The Morgan fingerprint density at radius 3 is 2.78 bits per heavy atom. The van der Waals surface area contributed by atoms with Crippen LogP contribution in [0.25, 0.3) is 0 Å². The van der Waals surface area contributed by atoms with Crippen molar-refractivity contribution >= 4 is 11.9 Å². The van der Waals surface area contributed by atoms with Crippen LogP contribution in [-0.4, -0.2) is 50.8 Å². The molecule has 0 bridgehead atoms. The van der Waals surface area contributed by atoms with Crippen molar-refractivity contribution in [1.29, 1.82) is 0 Å². The Balaban J connectivity index is 2.36. The highest BCUT2D eigenvalue weighted by molar-refractivity contribution is 5.84. The molecule has 4 atom stereocenters. The van der Waals surface area contributed by atoms with Gasteiger partial charge in [-0.1, -0.05) is 5.92 Å². The van der Waals surface area contributed by atoms with Crippen molar-refractivity contribution in [2.75, 3.05) is 11.9 Å². The van der Waals surface area contributed by atoms with Crippen LogP contribution in [0.3, 0.4) is 0 Å². The number of rotatable bonds is 3. The fourth-order valence-corrected chi connectivity index (χ4v) is 2.17. The molecule has 0 saturated carbocycles. The van der Waals surface area contributed by atoms with Gasteiger partial charge in [0.2, 0.25) is 0 Å². The summed E-state index contributed by atoms with van der Waals surface area (Å²) in [4.78, 5) is 27.2. The summed E-state index contributed by atoms with van der Waals surface area (Å²) in [7, 11) is 0. The highest BCUT2D eigenvalue weighted by atomic mass is 16.6. The van der Waals surface area contributed by atoms with Gasteiger partial charge in [0.25, 0.3) is 0 Å². The fourth-order valence-electron chi connectivity index (χ4n) is 2.17. The molecule has 2 heterocycles. The van der Waals surface area contributed by atoms with Crippen molar-refractivity contribution in [1.82, 2.24) is 9.55 Å². The number of hydrogen-bond donors (Lipinski definition) is 3. The van der Waals surface area contributed by atoms with E-state index in [0.717, 1.165) is 4.57 Å². The van der Waals surface area contributed by atoms with Gasteiger partial charge in [-0.15, -0.1) is 6.42 Å². The summed E-state index contributed by atoms with van der Waals surface area (Å²) in [5.74, 6) is 2.15. The highest BCUT2D eigenvalue weighted by Crippen LogP contribution is 2.28. The molecular weight excluding hydrogens is 306 g/mol. The number of nitrogens with one attached hydrogen (secondary N) is 1. The smallest absolute Gasteiger partial charge is 0.412 e. The van der Waals surface area contributed by atoms with E-state index in [0.29, 0.717) is 0 Å². The van der Waals surface area contributed by atoms with Gasteiger partial charge in [0, 0.05) is 6.20 Å². The van der Waals surface area contributed by atoms with Crippen molar-refractivity contribution in [3.8, 4) is 12.3 Å². The van der Waals surface area contributed by atoms with E-state index in [4.69, 9.17) is 15.9 Å². The molecule has 2 rings (SSSR count). The zero-order valence-corrected chi connectivity index (χ0v) is 12.6. The summed E-state index contributed by atoms with van der Waals surface area (Å²) >= 11 is 0. The van der Waals surface area contributed by atoms with Crippen LogP contribution in [0.15, 0.2) is 11.0 Å². The van der Waals surface area contributed by atoms with Crippen molar-refractivity contribution in [3.63, 3.8) is 0 Å². The van der Waals surface area contributed by atoms with Crippen molar-refractivity contribution in [3.05, 3.63) is 22.2 Å². The van der Waals surface area contributed by atoms with Crippen molar-refractivity contribution < 1.29 is 24.5 Å². The molecule has 23 heavy (non-hydrogen) atoms. The molecule has 1 aliphatic rings. The van der Waals surface area contributed by atoms with Gasteiger partial charge in [-0.25, -0.2) is 9.59 Å². The molecular formula is C14H17N3O6. The van der Waals surface area contributed by atoms with E-state index in [1.807, 2.05) is 0 Å². The van der Waals surface area contributed by atoms with Crippen LogP contribution in [0.2, 0.25) is 0 Å². The topological polar surface area (TPSA) is 123 Å². The Bertz CT molecular complexity index is 695. The maximum absolute atomic E-state index is 12.1. The van der Waals surface area contributed by atoms with E-state index in [2.05, 4.69) is 16.2 Å². The van der Waals surface area contributed by atoms with Crippen LogP contribution in [-0.2, 0) is 9.47 Å². The van der Waals surface area contributed by atoms with Gasteiger partial charge in [0.05, 0.1) is 18.3 Å². The molecule has 3 N–H and O–H groups in total. The molecule has 2 unspecified atom stereocenters. The molecule has 1 aromatic heterocycles. The first-order valence-electron chi connectivity index (χ1n) is 6.94. The Kier molecular flexibility index (Phi) is 5.00. The number of amides is 1. The second-order valence-corrected chi connectivity index (χ2v) is 4.90. The highest BCUT2D eigenvalue weighted by Gasteiger charge is 2.42. The second-order valence-electron chi connectivity index (χ2n) is 4.90. The van der Waals surface area contributed by atoms with Gasteiger partial charge in [-0.3, -0.25) is 9.88 Å². The summed E-state index contributed by atoms with van der Waals surface area (Å²) in [6.45, 7) is 3.33. The number of carbonyl (C=O) groups excluding carboxylic acids is 1. The Morgan fingerprint density at radius 1 is 1.57 bits per heavy atom. The van der Waals surface area contributed by atoms with Crippen molar-refractivity contribution in [2.45, 2.75) is 38.4 Å². The Hall–Kier alpha value is -2.41. The van der Waals surface area contributed by atoms with E-state index >= 15 is 0 Å². The minimum absolute atomic E-state index is 0.0995.